The first-order chi connectivity index (χ1) is 15.4. The van der Waals surface area contributed by atoms with Crippen molar-refractivity contribution in [2.45, 2.75) is 65.7 Å². The number of esters is 1. The molecule has 33 heavy (non-hydrogen) atoms. The van der Waals surface area contributed by atoms with Crippen LogP contribution in [0, 0.1) is 0 Å². The van der Waals surface area contributed by atoms with E-state index in [2.05, 4.69) is 70.8 Å². The molecule has 0 bridgehead atoms. The molecule has 0 aliphatic carbocycles. The van der Waals surface area contributed by atoms with Gasteiger partial charge in [0.2, 0.25) is 0 Å². The Bertz CT molecular complexity index is 1100. The molecule has 0 aliphatic heterocycles. The molecule has 0 unspecified atom stereocenters. The Morgan fingerprint density at radius 3 is 2.00 bits per heavy atom. The first kappa shape index (κ1) is 24.4. The number of pyridine rings is 1. The van der Waals surface area contributed by atoms with Gasteiger partial charge in [0.15, 0.2) is 0 Å². The summed E-state index contributed by atoms with van der Waals surface area (Å²) in [5.41, 5.74) is 6.15. The van der Waals surface area contributed by atoms with Gasteiger partial charge in [-0.2, -0.15) is 0 Å². The standard InChI is InChI=1S/C30H35NO2/c1-21(15-22-10-12-23(13-11-22)16-24-9-8-14-31-20-24)28(32)33-27-18-25(29(2,3)4)17-26(19-27)30(5,6)7/h8-15,17-20H,16H2,1-7H3/b21-15+. The SMILES string of the molecule is C/C(=C\c1ccc(Cc2cccnc2)cc1)C(=O)Oc1cc(C(C)(C)C)cc(C(C)(C)C)c1. The van der Waals surface area contributed by atoms with Crippen LogP contribution >= 0.6 is 0 Å². The molecule has 0 atom stereocenters. The molecule has 172 valence electrons. The highest BCUT2D eigenvalue weighted by Gasteiger charge is 2.22. The van der Waals surface area contributed by atoms with Gasteiger partial charge in [-0.25, -0.2) is 4.79 Å². The van der Waals surface area contributed by atoms with Gasteiger partial charge in [0, 0.05) is 18.0 Å². The molecule has 1 aromatic heterocycles. The van der Waals surface area contributed by atoms with Gasteiger partial charge >= 0.3 is 5.97 Å². The van der Waals surface area contributed by atoms with Gasteiger partial charge in [-0.15, -0.1) is 0 Å². The van der Waals surface area contributed by atoms with Gasteiger partial charge in [-0.1, -0.05) is 77.9 Å². The molecule has 0 radical (unpaired) electrons. The Balaban J connectivity index is 1.76. The van der Waals surface area contributed by atoms with Crippen molar-refractivity contribution in [1.29, 1.82) is 0 Å². The Morgan fingerprint density at radius 1 is 0.879 bits per heavy atom. The zero-order valence-corrected chi connectivity index (χ0v) is 20.9. The van der Waals surface area contributed by atoms with Gasteiger partial charge in [-0.05, 0) is 76.3 Å². The summed E-state index contributed by atoms with van der Waals surface area (Å²) in [7, 11) is 0. The van der Waals surface area contributed by atoms with Crippen molar-refractivity contribution in [3.05, 3.63) is 100 Å². The fourth-order valence-corrected chi connectivity index (χ4v) is 3.49. The van der Waals surface area contributed by atoms with Crippen LogP contribution in [0.25, 0.3) is 6.08 Å². The van der Waals surface area contributed by atoms with E-state index in [-0.39, 0.29) is 16.8 Å². The molecule has 0 saturated heterocycles. The van der Waals surface area contributed by atoms with Gasteiger partial charge in [0.1, 0.15) is 5.75 Å². The maximum Gasteiger partial charge on any atom is 0.339 e. The summed E-state index contributed by atoms with van der Waals surface area (Å²) >= 11 is 0. The molecule has 0 aliphatic rings. The Kier molecular flexibility index (Phi) is 7.22. The average Bonchev–Trinajstić information content (AvgIpc) is 2.74. The molecule has 3 rings (SSSR count). The number of aromatic nitrogens is 1. The number of hydrogen-bond donors (Lipinski definition) is 0. The van der Waals surface area contributed by atoms with Gasteiger partial charge in [0.05, 0.1) is 0 Å². The quantitative estimate of drug-likeness (QED) is 0.237. The van der Waals surface area contributed by atoms with E-state index < -0.39 is 0 Å². The van der Waals surface area contributed by atoms with Crippen LogP contribution in [0.4, 0.5) is 0 Å². The molecule has 0 N–H and O–H groups in total. The van der Waals surface area contributed by atoms with Crippen LogP contribution in [0.2, 0.25) is 0 Å². The second kappa shape index (κ2) is 9.74. The molecule has 1 heterocycles. The summed E-state index contributed by atoms with van der Waals surface area (Å²) in [6.07, 6.45) is 6.36. The van der Waals surface area contributed by atoms with Crippen LogP contribution in [0.15, 0.2) is 72.6 Å². The number of nitrogens with zero attached hydrogens (tertiary/aromatic N) is 1. The van der Waals surface area contributed by atoms with Crippen LogP contribution in [-0.2, 0) is 22.0 Å². The fraction of sp³-hybridized carbons (Fsp3) is 0.333. The third-order valence-electron chi connectivity index (χ3n) is 5.67. The third-order valence-corrected chi connectivity index (χ3v) is 5.67. The Labute approximate surface area is 198 Å². The molecule has 3 aromatic rings. The van der Waals surface area contributed by atoms with Crippen molar-refractivity contribution in [1.82, 2.24) is 4.98 Å². The molecule has 0 fully saturated rings. The topological polar surface area (TPSA) is 39.2 Å². The Hall–Kier alpha value is -3.20. The van der Waals surface area contributed by atoms with Gasteiger partial charge < -0.3 is 4.74 Å². The van der Waals surface area contributed by atoms with Gasteiger partial charge in [-0.3, -0.25) is 4.98 Å². The zero-order chi connectivity index (χ0) is 24.2. The molecule has 3 heteroatoms. The molecular formula is C30H35NO2. The van der Waals surface area contributed by atoms with E-state index >= 15 is 0 Å². The summed E-state index contributed by atoms with van der Waals surface area (Å²) in [5.74, 6) is 0.261. The highest BCUT2D eigenvalue weighted by atomic mass is 16.5. The summed E-state index contributed by atoms with van der Waals surface area (Å²) in [6, 6.07) is 18.4. The largest absolute Gasteiger partial charge is 0.423 e. The summed E-state index contributed by atoms with van der Waals surface area (Å²) in [5, 5.41) is 0. The number of hydrogen-bond acceptors (Lipinski definition) is 3. The maximum atomic E-state index is 12.8. The van der Waals surface area contributed by atoms with Crippen LogP contribution in [0.5, 0.6) is 5.75 Å². The lowest BCUT2D eigenvalue weighted by atomic mass is 9.80. The summed E-state index contributed by atoms with van der Waals surface area (Å²) in [6.45, 7) is 14.8. The number of rotatable bonds is 5. The minimum absolute atomic E-state index is 0.0368. The van der Waals surface area contributed by atoms with Gasteiger partial charge in [0.25, 0.3) is 0 Å². The van der Waals surface area contributed by atoms with Crippen LogP contribution < -0.4 is 4.74 Å². The van der Waals surface area contributed by atoms with Crippen LogP contribution in [0.3, 0.4) is 0 Å². The number of ether oxygens (including phenoxy) is 1. The normalized spacial score (nSPS) is 12.5. The van der Waals surface area contributed by atoms with Crippen molar-refractivity contribution in [2.75, 3.05) is 0 Å². The van der Waals surface area contributed by atoms with Crippen molar-refractivity contribution in [3.8, 4) is 5.75 Å². The smallest absolute Gasteiger partial charge is 0.339 e. The lowest BCUT2D eigenvalue weighted by Gasteiger charge is -2.26. The zero-order valence-electron chi connectivity index (χ0n) is 20.9. The monoisotopic (exact) mass is 441 g/mol. The minimum Gasteiger partial charge on any atom is -0.423 e. The number of carbonyl (C=O) groups is 1. The number of carbonyl (C=O) groups excluding carboxylic acids is 1. The predicted molar refractivity (Wildman–Crippen MR) is 137 cm³/mol. The highest BCUT2D eigenvalue weighted by molar-refractivity contribution is 5.94. The second-order valence-corrected chi connectivity index (χ2v) is 10.7. The summed E-state index contributed by atoms with van der Waals surface area (Å²) in [4.78, 5) is 17.0. The first-order valence-corrected chi connectivity index (χ1v) is 11.5. The van der Waals surface area contributed by atoms with E-state index in [1.54, 1.807) is 13.1 Å². The Morgan fingerprint density at radius 2 is 1.48 bits per heavy atom. The fourth-order valence-electron chi connectivity index (χ4n) is 3.49. The molecule has 0 spiro atoms. The van der Waals surface area contributed by atoms with Crippen molar-refractivity contribution >= 4 is 12.0 Å². The van der Waals surface area contributed by atoms with E-state index in [0.29, 0.717) is 11.3 Å². The molecule has 2 aromatic carbocycles. The molecule has 0 amide bonds. The molecule has 0 saturated carbocycles. The van der Waals surface area contributed by atoms with E-state index in [1.807, 2.05) is 42.6 Å². The van der Waals surface area contributed by atoms with Crippen molar-refractivity contribution in [2.24, 2.45) is 0 Å². The summed E-state index contributed by atoms with van der Waals surface area (Å²) < 4.78 is 5.81. The predicted octanol–water partition coefficient (Wildman–Crippen LogP) is 7.28. The van der Waals surface area contributed by atoms with E-state index in [9.17, 15) is 4.79 Å². The first-order valence-electron chi connectivity index (χ1n) is 11.5. The van der Waals surface area contributed by atoms with E-state index in [1.165, 1.54) is 11.1 Å². The molecular weight excluding hydrogens is 406 g/mol. The maximum absolute atomic E-state index is 12.8. The average molecular weight is 442 g/mol. The lowest BCUT2D eigenvalue weighted by Crippen LogP contribution is -2.17. The van der Waals surface area contributed by atoms with Crippen molar-refractivity contribution in [3.63, 3.8) is 0 Å². The minimum atomic E-state index is -0.333. The van der Waals surface area contributed by atoms with E-state index in [4.69, 9.17) is 4.74 Å². The number of benzene rings is 2. The molecule has 3 nitrogen and oxygen atoms in total. The highest BCUT2D eigenvalue weighted by Crippen LogP contribution is 2.33. The second-order valence-electron chi connectivity index (χ2n) is 10.7. The van der Waals surface area contributed by atoms with Crippen molar-refractivity contribution < 1.29 is 9.53 Å². The van der Waals surface area contributed by atoms with E-state index in [0.717, 1.165) is 23.1 Å². The lowest BCUT2D eigenvalue weighted by molar-refractivity contribution is -0.130. The van der Waals surface area contributed by atoms with Crippen LogP contribution in [0.1, 0.15) is 76.3 Å². The van der Waals surface area contributed by atoms with Crippen LogP contribution in [-0.4, -0.2) is 11.0 Å². The third kappa shape index (κ3) is 6.89.